The summed E-state index contributed by atoms with van der Waals surface area (Å²) in [6.45, 7) is 0. The van der Waals surface area contributed by atoms with Crippen LogP contribution >= 0.6 is 0 Å². The van der Waals surface area contributed by atoms with Gasteiger partial charge in [-0.15, -0.1) is 13.2 Å². The van der Waals surface area contributed by atoms with E-state index in [0.717, 1.165) is 50.5 Å². The molecule has 0 heterocycles. The molecule has 0 N–H and O–H groups in total. The van der Waals surface area contributed by atoms with Crippen molar-refractivity contribution in [3.05, 3.63) is 41.7 Å². The predicted molar refractivity (Wildman–Crippen MR) is 90.9 cm³/mol. The van der Waals surface area contributed by atoms with Gasteiger partial charge in [-0.25, -0.2) is 0 Å². The first-order chi connectivity index (χ1) is 12.4. The molecule has 1 fully saturated rings. The lowest BCUT2D eigenvalue weighted by atomic mass is 9.78. The topological polar surface area (TPSA) is 33.0 Å². The summed E-state index contributed by atoms with van der Waals surface area (Å²) in [6, 6.07) is 7.56. The Morgan fingerprint density at radius 3 is 2.19 bits per heavy atom. The number of nitriles is 1. The number of benzene rings is 1. The number of aryl methyl sites for hydroxylation is 1. The number of nitrogens with zero attached hydrogens (tertiary/aromatic N) is 1. The predicted octanol–water partition coefficient (Wildman–Crippen LogP) is 6.48. The van der Waals surface area contributed by atoms with Gasteiger partial charge in [-0.05, 0) is 61.3 Å². The third-order valence-corrected chi connectivity index (χ3v) is 4.97. The molecule has 0 aliphatic heterocycles. The molecule has 0 saturated heterocycles. The maximum atomic E-state index is 12.8. The van der Waals surface area contributed by atoms with Gasteiger partial charge in [0.15, 0.2) is 5.83 Å². The zero-order chi connectivity index (χ0) is 19.0. The second kappa shape index (κ2) is 9.61. The molecule has 2 rings (SSSR count). The summed E-state index contributed by atoms with van der Waals surface area (Å²) in [5.74, 6) is 0.325. The van der Waals surface area contributed by atoms with E-state index in [0.29, 0.717) is 18.3 Å². The van der Waals surface area contributed by atoms with Gasteiger partial charge >= 0.3 is 6.36 Å². The molecule has 0 amide bonds. The summed E-state index contributed by atoms with van der Waals surface area (Å²) < 4.78 is 53.0. The molecule has 0 aromatic heterocycles. The number of allylic oxidation sites excluding steroid dienone is 2. The number of ether oxygens (including phenoxy) is 1. The number of alkyl halides is 3. The van der Waals surface area contributed by atoms with Crippen molar-refractivity contribution in [1.29, 1.82) is 5.26 Å². The van der Waals surface area contributed by atoms with Crippen LogP contribution in [0.1, 0.15) is 50.5 Å². The molecular weight excluding hydrogens is 346 g/mol. The molecule has 0 radical (unpaired) electrons. The van der Waals surface area contributed by atoms with Crippen LogP contribution in [0.5, 0.6) is 5.75 Å². The Kier molecular flexibility index (Phi) is 7.50. The Labute approximate surface area is 151 Å². The normalized spacial score (nSPS) is 21.3. The molecule has 0 bridgehead atoms. The molecule has 0 spiro atoms. The van der Waals surface area contributed by atoms with Crippen LogP contribution in [0.3, 0.4) is 0 Å². The summed E-state index contributed by atoms with van der Waals surface area (Å²) in [7, 11) is 0. The maximum Gasteiger partial charge on any atom is 0.573 e. The van der Waals surface area contributed by atoms with E-state index in [1.165, 1.54) is 24.3 Å². The Balaban J connectivity index is 1.68. The van der Waals surface area contributed by atoms with Gasteiger partial charge in [0, 0.05) is 0 Å². The van der Waals surface area contributed by atoms with E-state index in [-0.39, 0.29) is 5.75 Å². The minimum atomic E-state index is -4.66. The van der Waals surface area contributed by atoms with Gasteiger partial charge in [-0.1, -0.05) is 37.8 Å². The first-order valence-electron chi connectivity index (χ1n) is 8.96. The van der Waals surface area contributed by atoms with Gasteiger partial charge in [0.25, 0.3) is 0 Å². The minimum Gasteiger partial charge on any atom is -0.406 e. The monoisotopic (exact) mass is 369 g/mol. The zero-order valence-electron chi connectivity index (χ0n) is 14.6. The average molecular weight is 369 g/mol. The van der Waals surface area contributed by atoms with Crippen molar-refractivity contribution in [2.45, 2.75) is 57.7 Å². The van der Waals surface area contributed by atoms with Crippen LogP contribution in [-0.4, -0.2) is 6.36 Å². The van der Waals surface area contributed by atoms with E-state index in [1.54, 1.807) is 12.1 Å². The van der Waals surface area contributed by atoms with E-state index in [1.807, 2.05) is 0 Å². The maximum absolute atomic E-state index is 12.8. The molecule has 1 aromatic carbocycles. The highest BCUT2D eigenvalue weighted by atomic mass is 19.4. The first kappa shape index (κ1) is 20.3. The second-order valence-electron chi connectivity index (χ2n) is 6.86. The van der Waals surface area contributed by atoms with Crippen molar-refractivity contribution in [2.75, 3.05) is 0 Å². The third kappa shape index (κ3) is 7.47. The molecule has 0 atom stereocenters. The number of rotatable bonds is 7. The lowest BCUT2D eigenvalue weighted by Gasteiger charge is -2.28. The van der Waals surface area contributed by atoms with E-state index in [4.69, 9.17) is 5.26 Å². The van der Waals surface area contributed by atoms with Gasteiger partial charge in [-0.2, -0.15) is 9.65 Å². The van der Waals surface area contributed by atoms with E-state index >= 15 is 0 Å². The molecule has 1 aliphatic carbocycles. The van der Waals surface area contributed by atoms with Crippen LogP contribution in [0.25, 0.3) is 0 Å². The molecular formula is C20H23F4NO. The Morgan fingerprint density at radius 2 is 1.65 bits per heavy atom. The van der Waals surface area contributed by atoms with Crippen LogP contribution in [0.15, 0.2) is 36.2 Å². The Bertz CT molecular complexity index is 623. The summed E-state index contributed by atoms with van der Waals surface area (Å²) >= 11 is 0. The fourth-order valence-corrected chi connectivity index (χ4v) is 3.53. The SMILES string of the molecule is N#C/C(F)=C/CCC1CCC(CCc2ccc(OC(F)(F)F)cc2)CC1. The van der Waals surface area contributed by atoms with Gasteiger partial charge in [0.05, 0.1) is 0 Å². The molecule has 1 aliphatic rings. The van der Waals surface area contributed by atoms with E-state index < -0.39 is 12.2 Å². The molecule has 2 nitrogen and oxygen atoms in total. The number of hydrogen-bond donors (Lipinski definition) is 0. The summed E-state index contributed by atoms with van der Waals surface area (Å²) in [5.41, 5.74) is 1.01. The quantitative estimate of drug-likeness (QED) is 0.407. The van der Waals surface area contributed by atoms with Crippen LogP contribution < -0.4 is 4.74 Å². The lowest BCUT2D eigenvalue weighted by molar-refractivity contribution is -0.274. The van der Waals surface area contributed by atoms with E-state index in [9.17, 15) is 17.6 Å². The molecule has 26 heavy (non-hydrogen) atoms. The molecule has 142 valence electrons. The van der Waals surface area contributed by atoms with Crippen molar-refractivity contribution >= 4 is 0 Å². The summed E-state index contributed by atoms with van der Waals surface area (Å²) in [5, 5.41) is 8.37. The second-order valence-corrected chi connectivity index (χ2v) is 6.86. The highest BCUT2D eigenvalue weighted by Gasteiger charge is 2.31. The fraction of sp³-hybridized carbons (Fsp3) is 0.550. The third-order valence-electron chi connectivity index (χ3n) is 4.97. The van der Waals surface area contributed by atoms with Crippen LogP contribution in [0.2, 0.25) is 0 Å². The van der Waals surface area contributed by atoms with E-state index in [2.05, 4.69) is 4.74 Å². The smallest absolute Gasteiger partial charge is 0.406 e. The van der Waals surface area contributed by atoms with Gasteiger partial charge in [0.1, 0.15) is 11.8 Å². The lowest BCUT2D eigenvalue weighted by Crippen LogP contribution is -2.17. The molecule has 1 aromatic rings. The number of hydrogen-bond acceptors (Lipinski definition) is 2. The van der Waals surface area contributed by atoms with Gasteiger partial charge < -0.3 is 4.74 Å². The Hall–Kier alpha value is -2.03. The standard InChI is InChI=1S/C20H23F4NO/c21-18(14-25)3-1-2-15-4-6-16(7-5-15)8-9-17-10-12-19(13-11-17)26-20(22,23)24/h3,10-13,15-16H,1-2,4-9H2/b18-3-. The first-order valence-corrected chi connectivity index (χ1v) is 8.96. The largest absolute Gasteiger partial charge is 0.573 e. The highest BCUT2D eigenvalue weighted by Crippen LogP contribution is 2.34. The van der Waals surface area contributed by atoms with Crippen molar-refractivity contribution in [2.24, 2.45) is 11.8 Å². The number of halogens is 4. The fourth-order valence-electron chi connectivity index (χ4n) is 3.53. The van der Waals surface area contributed by atoms with Crippen molar-refractivity contribution in [3.8, 4) is 11.8 Å². The van der Waals surface area contributed by atoms with Crippen molar-refractivity contribution in [3.63, 3.8) is 0 Å². The highest BCUT2D eigenvalue weighted by molar-refractivity contribution is 5.27. The molecule has 0 unspecified atom stereocenters. The minimum absolute atomic E-state index is 0.191. The van der Waals surface area contributed by atoms with Crippen LogP contribution in [-0.2, 0) is 6.42 Å². The molecule has 1 saturated carbocycles. The van der Waals surface area contributed by atoms with Crippen LogP contribution in [0.4, 0.5) is 17.6 Å². The average Bonchev–Trinajstić information content (AvgIpc) is 2.61. The van der Waals surface area contributed by atoms with Crippen LogP contribution in [0, 0.1) is 23.2 Å². The van der Waals surface area contributed by atoms with Crippen molar-refractivity contribution in [1.82, 2.24) is 0 Å². The molecule has 6 heteroatoms. The Morgan fingerprint density at radius 1 is 1.08 bits per heavy atom. The van der Waals surface area contributed by atoms with Gasteiger partial charge in [-0.3, -0.25) is 0 Å². The summed E-state index contributed by atoms with van der Waals surface area (Å²) in [6.07, 6.45) is 4.59. The summed E-state index contributed by atoms with van der Waals surface area (Å²) in [4.78, 5) is 0. The zero-order valence-corrected chi connectivity index (χ0v) is 14.6. The van der Waals surface area contributed by atoms with Crippen molar-refractivity contribution < 1.29 is 22.3 Å². The van der Waals surface area contributed by atoms with Gasteiger partial charge in [0.2, 0.25) is 0 Å².